The Balaban J connectivity index is 1.61. The second-order valence-corrected chi connectivity index (χ2v) is 7.77. The van der Waals surface area contributed by atoms with Gasteiger partial charge in [0.15, 0.2) is 0 Å². The van der Waals surface area contributed by atoms with Crippen molar-refractivity contribution in [3.8, 4) is 5.75 Å². The largest absolute Gasteiger partial charge is 0.507 e. The van der Waals surface area contributed by atoms with Gasteiger partial charge in [0.2, 0.25) is 0 Å². The van der Waals surface area contributed by atoms with Crippen LogP contribution < -0.4 is 4.74 Å². The summed E-state index contributed by atoms with van der Waals surface area (Å²) in [6, 6.07) is 17.3. The molecule has 0 spiro atoms. The van der Waals surface area contributed by atoms with Gasteiger partial charge >= 0.3 is 0 Å². The van der Waals surface area contributed by atoms with Crippen LogP contribution in [0.25, 0.3) is 16.7 Å². The molecule has 1 saturated heterocycles. The van der Waals surface area contributed by atoms with E-state index in [0.717, 1.165) is 16.5 Å². The molecule has 1 fully saturated rings. The van der Waals surface area contributed by atoms with E-state index >= 15 is 0 Å². The lowest BCUT2D eigenvalue weighted by Gasteiger charge is -2.23. The number of carbonyl (C=O) groups is 2. The van der Waals surface area contributed by atoms with E-state index in [2.05, 4.69) is 4.98 Å². The van der Waals surface area contributed by atoms with Crippen molar-refractivity contribution in [1.29, 1.82) is 0 Å². The van der Waals surface area contributed by atoms with E-state index in [1.54, 1.807) is 18.3 Å². The van der Waals surface area contributed by atoms with Crippen molar-refractivity contribution in [2.75, 3.05) is 6.61 Å². The molecule has 4 aromatic rings. The molecule has 2 N–H and O–H groups in total. The van der Waals surface area contributed by atoms with Crippen molar-refractivity contribution in [3.05, 3.63) is 95.6 Å². The molecule has 0 saturated carbocycles. The fourth-order valence-corrected chi connectivity index (χ4v) is 4.30. The van der Waals surface area contributed by atoms with Crippen LogP contribution >= 0.6 is 0 Å². The predicted octanol–water partition coefficient (Wildman–Crippen LogP) is 4.78. The van der Waals surface area contributed by atoms with Gasteiger partial charge in [-0.05, 0) is 42.8 Å². The number of ketones is 1. The number of likely N-dealkylation sites (tertiary alicyclic amines) is 1. The number of nitrogens with one attached hydrogen (secondary N) is 1. The Morgan fingerprint density at radius 3 is 2.76 bits per heavy atom. The van der Waals surface area contributed by atoms with Crippen LogP contribution in [0, 0.1) is 0 Å². The van der Waals surface area contributed by atoms with Crippen molar-refractivity contribution < 1.29 is 23.8 Å². The van der Waals surface area contributed by atoms with Gasteiger partial charge in [-0.1, -0.05) is 30.3 Å². The lowest BCUT2D eigenvalue weighted by Crippen LogP contribution is -2.29. The van der Waals surface area contributed by atoms with Crippen molar-refractivity contribution in [3.63, 3.8) is 0 Å². The van der Waals surface area contributed by atoms with Crippen LogP contribution in [0.1, 0.15) is 29.9 Å². The maximum Gasteiger partial charge on any atom is 0.296 e. The first-order chi connectivity index (χ1) is 16.1. The molecule has 2 aromatic carbocycles. The van der Waals surface area contributed by atoms with Crippen molar-refractivity contribution in [1.82, 2.24) is 9.88 Å². The molecule has 7 heteroatoms. The first kappa shape index (κ1) is 20.6. The monoisotopic (exact) mass is 442 g/mol. The number of H-pyrrole nitrogens is 1. The molecular formula is C26H22N2O5. The van der Waals surface area contributed by atoms with E-state index in [-0.39, 0.29) is 17.9 Å². The van der Waals surface area contributed by atoms with Crippen LogP contribution in [0.5, 0.6) is 5.75 Å². The van der Waals surface area contributed by atoms with Gasteiger partial charge in [0.05, 0.1) is 18.4 Å². The van der Waals surface area contributed by atoms with E-state index in [4.69, 9.17) is 9.15 Å². The van der Waals surface area contributed by atoms with Crippen molar-refractivity contribution >= 4 is 28.4 Å². The van der Waals surface area contributed by atoms with Crippen LogP contribution in [-0.4, -0.2) is 33.3 Å². The lowest BCUT2D eigenvalue weighted by atomic mass is 9.99. The second-order valence-electron chi connectivity index (χ2n) is 7.77. The van der Waals surface area contributed by atoms with Gasteiger partial charge in [-0.3, -0.25) is 9.59 Å². The zero-order chi connectivity index (χ0) is 22.9. The quantitative estimate of drug-likeness (QED) is 0.255. The summed E-state index contributed by atoms with van der Waals surface area (Å²) in [6.07, 6.45) is 3.12. The molecule has 1 atom stereocenters. The summed E-state index contributed by atoms with van der Waals surface area (Å²) >= 11 is 0. The summed E-state index contributed by atoms with van der Waals surface area (Å²) in [4.78, 5) is 30.8. The van der Waals surface area contributed by atoms with Crippen LogP contribution in [0.3, 0.4) is 0 Å². The molecule has 5 rings (SSSR count). The minimum atomic E-state index is -0.857. The first-order valence-electron chi connectivity index (χ1n) is 10.7. The fraction of sp³-hybridized carbons (Fsp3) is 0.154. The molecule has 0 aliphatic carbocycles. The summed E-state index contributed by atoms with van der Waals surface area (Å²) in [5.41, 5.74) is 2.07. The van der Waals surface area contributed by atoms with Crippen molar-refractivity contribution in [2.24, 2.45) is 0 Å². The van der Waals surface area contributed by atoms with Gasteiger partial charge < -0.3 is 24.1 Å². The van der Waals surface area contributed by atoms with Crippen LogP contribution in [0.15, 0.2) is 83.1 Å². The summed E-state index contributed by atoms with van der Waals surface area (Å²) < 4.78 is 11.2. The van der Waals surface area contributed by atoms with Gasteiger partial charge in [0.25, 0.3) is 11.7 Å². The third-order valence-corrected chi connectivity index (χ3v) is 5.76. The average molecular weight is 442 g/mol. The van der Waals surface area contributed by atoms with E-state index in [0.29, 0.717) is 23.7 Å². The Morgan fingerprint density at radius 2 is 1.97 bits per heavy atom. The van der Waals surface area contributed by atoms with Gasteiger partial charge in [-0.25, -0.2) is 0 Å². The van der Waals surface area contributed by atoms with Gasteiger partial charge in [-0.15, -0.1) is 0 Å². The first-order valence-corrected chi connectivity index (χ1v) is 10.7. The number of carbonyl (C=O) groups excluding carboxylic acids is 2. The molecule has 3 heterocycles. The third kappa shape index (κ3) is 3.57. The number of hydrogen-bond donors (Lipinski definition) is 2. The number of aliphatic hydroxyl groups excluding tert-OH is 1. The van der Waals surface area contributed by atoms with Crippen LogP contribution in [0.4, 0.5) is 0 Å². The van der Waals surface area contributed by atoms with Gasteiger partial charge in [-0.2, -0.15) is 0 Å². The Bertz CT molecular complexity index is 1370. The number of furan rings is 1. The molecule has 2 aromatic heterocycles. The number of ether oxygens (including phenoxy) is 1. The topological polar surface area (TPSA) is 95.8 Å². The Labute approximate surface area is 189 Å². The number of rotatable bonds is 6. The summed E-state index contributed by atoms with van der Waals surface area (Å²) in [6.45, 7) is 2.57. The second kappa shape index (κ2) is 8.35. The van der Waals surface area contributed by atoms with E-state index in [1.165, 1.54) is 11.2 Å². The number of nitrogens with zero attached hydrogens (tertiary/aromatic N) is 1. The summed E-state index contributed by atoms with van der Waals surface area (Å²) in [7, 11) is 0. The number of Topliss-reactive ketones (excluding diaryl/α,β-unsaturated/α-hetero) is 1. The molecule has 33 heavy (non-hydrogen) atoms. The number of para-hydroxylation sites is 1. The molecule has 7 nitrogen and oxygen atoms in total. The highest BCUT2D eigenvalue weighted by molar-refractivity contribution is 6.46. The van der Waals surface area contributed by atoms with E-state index in [1.807, 2.05) is 55.5 Å². The summed E-state index contributed by atoms with van der Waals surface area (Å²) in [5, 5.41) is 12.0. The predicted molar refractivity (Wildman–Crippen MR) is 122 cm³/mol. The molecular weight excluding hydrogens is 420 g/mol. The molecule has 1 aliphatic heterocycles. The Kier molecular flexibility index (Phi) is 5.22. The standard InChI is InChI=1S/C26H22N2O5/c1-2-32-17-8-5-7-16(13-17)15-28-23(21-11-6-12-33-21)22(25(30)26(28)31)24(29)19-14-27-20-10-4-3-9-18(19)20/h3-14,23,27,29H,2,15H2,1H3/b24-22-. The third-order valence-electron chi connectivity index (χ3n) is 5.76. The maximum atomic E-state index is 13.2. The normalized spacial score (nSPS) is 17.7. The van der Waals surface area contributed by atoms with E-state index in [9.17, 15) is 14.7 Å². The van der Waals surface area contributed by atoms with Gasteiger partial charge in [0.1, 0.15) is 23.3 Å². The van der Waals surface area contributed by atoms with Crippen molar-refractivity contribution in [2.45, 2.75) is 19.5 Å². The number of aliphatic hydroxyl groups is 1. The molecule has 0 bridgehead atoms. The molecule has 1 unspecified atom stereocenters. The highest BCUT2D eigenvalue weighted by atomic mass is 16.5. The number of hydrogen-bond acceptors (Lipinski definition) is 5. The number of benzene rings is 2. The highest BCUT2D eigenvalue weighted by Crippen LogP contribution is 2.41. The zero-order valence-electron chi connectivity index (χ0n) is 17.9. The van der Waals surface area contributed by atoms with E-state index < -0.39 is 17.7 Å². The Hall–Kier alpha value is -4.26. The zero-order valence-corrected chi connectivity index (χ0v) is 17.9. The number of aromatic nitrogens is 1. The minimum Gasteiger partial charge on any atom is -0.507 e. The lowest BCUT2D eigenvalue weighted by molar-refractivity contribution is -0.140. The number of fused-ring (bicyclic) bond motifs is 1. The SMILES string of the molecule is CCOc1cccc(CN2C(=O)C(=O)/C(=C(\O)c3c[nH]c4ccccc34)C2c2ccco2)c1. The minimum absolute atomic E-state index is 0.000617. The molecule has 0 radical (unpaired) electrons. The molecule has 166 valence electrons. The fourth-order valence-electron chi connectivity index (χ4n) is 4.30. The molecule has 1 aliphatic rings. The smallest absolute Gasteiger partial charge is 0.296 e. The molecule has 1 amide bonds. The summed E-state index contributed by atoms with van der Waals surface area (Å²) in [5.74, 6) is -0.603. The average Bonchev–Trinajstić information content (AvgIpc) is 3.55. The maximum absolute atomic E-state index is 13.2. The number of amides is 1. The van der Waals surface area contributed by atoms with Crippen LogP contribution in [0.2, 0.25) is 0 Å². The highest BCUT2D eigenvalue weighted by Gasteiger charge is 2.47. The number of aromatic amines is 1. The Morgan fingerprint density at radius 1 is 1.12 bits per heavy atom. The van der Waals surface area contributed by atoms with Crippen LogP contribution in [-0.2, 0) is 16.1 Å². The van der Waals surface area contributed by atoms with Gasteiger partial charge in [0, 0.05) is 29.2 Å².